The van der Waals surface area contributed by atoms with Crippen molar-refractivity contribution in [3.8, 4) is 0 Å². The van der Waals surface area contributed by atoms with E-state index in [2.05, 4.69) is 10.1 Å². The minimum absolute atomic E-state index is 0.280. The monoisotopic (exact) mass is 395 g/mol. The number of carbonyl (C=O) groups is 1. The zero-order valence-corrected chi connectivity index (χ0v) is 16.5. The van der Waals surface area contributed by atoms with Gasteiger partial charge in [0, 0.05) is 0 Å². The van der Waals surface area contributed by atoms with Gasteiger partial charge in [-0.2, -0.15) is 5.10 Å². The van der Waals surface area contributed by atoms with E-state index in [9.17, 15) is 9.90 Å². The molecule has 4 aromatic rings. The maximum absolute atomic E-state index is 12.1. The van der Waals surface area contributed by atoms with Crippen LogP contribution in [0.4, 0.5) is 0 Å². The van der Waals surface area contributed by atoms with Crippen LogP contribution in [0.15, 0.2) is 91.5 Å². The van der Waals surface area contributed by atoms with E-state index < -0.39 is 5.97 Å². The van der Waals surface area contributed by atoms with E-state index in [-0.39, 0.29) is 11.5 Å². The van der Waals surface area contributed by atoms with Gasteiger partial charge in [0.25, 0.3) is 0 Å². The van der Waals surface area contributed by atoms with Crippen molar-refractivity contribution in [3.63, 3.8) is 0 Å². The van der Waals surface area contributed by atoms with Crippen molar-refractivity contribution < 1.29 is 9.90 Å². The van der Waals surface area contributed by atoms with Crippen molar-refractivity contribution in [1.29, 1.82) is 0 Å². The molecule has 0 fully saturated rings. The summed E-state index contributed by atoms with van der Waals surface area (Å²) in [4.78, 5) is 16.3. The first-order valence-corrected chi connectivity index (χ1v) is 9.64. The quantitative estimate of drug-likeness (QED) is 0.492. The average Bonchev–Trinajstić information content (AvgIpc) is 3.30. The molecule has 4 rings (SSSR count). The Morgan fingerprint density at radius 3 is 2.30 bits per heavy atom. The van der Waals surface area contributed by atoms with Gasteiger partial charge < -0.3 is 5.11 Å². The van der Waals surface area contributed by atoms with Gasteiger partial charge in [-0.15, -0.1) is 0 Å². The number of hydrogen-bond donors (Lipinski definition) is 1. The molecule has 5 heteroatoms. The lowest BCUT2D eigenvalue weighted by molar-refractivity contribution is 0.0695. The topological polar surface area (TPSA) is 68.0 Å². The van der Waals surface area contributed by atoms with Crippen LogP contribution in [0.1, 0.15) is 38.5 Å². The van der Waals surface area contributed by atoms with Gasteiger partial charge >= 0.3 is 5.97 Å². The molecule has 3 aromatic carbocycles. The van der Waals surface area contributed by atoms with Crippen molar-refractivity contribution in [3.05, 3.63) is 119 Å². The lowest BCUT2D eigenvalue weighted by Crippen LogP contribution is -2.16. The van der Waals surface area contributed by atoms with Crippen molar-refractivity contribution in [2.45, 2.75) is 12.8 Å². The van der Waals surface area contributed by atoms with E-state index in [1.54, 1.807) is 23.1 Å². The number of rotatable bonds is 6. The molecule has 0 spiro atoms. The van der Waals surface area contributed by atoms with Gasteiger partial charge in [-0.1, -0.05) is 72.8 Å². The molecule has 1 aromatic heterocycles. The maximum atomic E-state index is 12.1. The summed E-state index contributed by atoms with van der Waals surface area (Å²) >= 11 is 0. The fourth-order valence-corrected chi connectivity index (χ4v) is 3.72. The summed E-state index contributed by atoms with van der Waals surface area (Å²) < 4.78 is 1.71. The summed E-state index contributed by atoms with van der Waals surface area (Å²) in [6.45, 7) is 1.94. The smallest absolute Gasteiger partial charge is 0.336 e. The largest absolute Gasteiger partial charge is 0.478 e. The lowest BCUT2D eigenvalue weighted by atomic mass is 9.82. The van der Waals surface area contributed by atoms with Crippen LogP contribution >= 0.6 is 0 Å². The van der Waals surface area contributed by atoms with Crippen LogP contribution in [-0.2, 0) is 0 Å². The maximum Gasteiger partial charge on any atom is 0.336 e. The van der Waals surface area contributed by atoms with Crippen LogP contribution in [0.3, 0.4) is 0 Å². The third-order valence-electron chi connectivity index (χ3n) is 5.07. The zero-order chi connectivity index (χ0) is 20.9. The third-order valence-corrected chi connectivity index (χ3v) is 5.07. The van der Waals surface area contributed by atoms with E-state index in [0.717, 1.165) is 28.0 Å². The molecule has 0 aliphatic carbocycles. The van der Waals surface area contributed by atoms with Crippen LogP contribution in [0.5, 0.6) is 0 Å². The van der Waals surface area contributed by atoms with Crippen molar-refractivity contribution in [2.75, 3.05) is 0 Å². The second-order valence-corrected chi connectivity index (χ2v) is 7.00. The Balaban J connectivity index is 2.03. The van der Waals surface area contributed by atoms with Gasteiger partial charge in [-0.25, -0.2) is 14.5 Å². The molecule has 1 atom stereocenters. The molecule has 30 heavy (non-hydrogen) atoms. The van der Waals surface area contributed by atoms with Gasteiger partial charge in [0.2, 0.25) is 0 Å². The molecule has 0 aliphatic rings. The standard InChI is InChI=1S/C25H21N3O2/c1-18-9-8-14-21(25(29)30)23(18)24(20-12-6-3-7-13-20)22(28-17-26-16-27-28)15-19-10-4-2-5-11-19/h2-17,24H,1H3,(H,29,30)/b22-15+. The van der Waals surface area contributed by atoms with Gasteiger partial charge in [0.15, 0.2) is 0 Å². The molecule has 0 saturated carbocycles. The molecule has 0 amide bonds. The molecular weight excluding hydrogens is 374 g/mol. The summed E-state index contributed by atoms with van der Waals surface area (Å²) in [5.41, 5.74) is 4.72. The summed E-state index contributed by atoms with van der Waals surface area (Å²) in [6, 6.07) is 25.2. The highest BCUT2D eigenvalue weighted by atomic mass is 16.4. The number of aryl methyl sites for hydroxylation is 1. The second kappa shape index (κ2) is 8.57. The molecule has 1 N–H and O–H groups in total. The van der Waals surface area contributed by atoms with E-state index >= 15 is 0 Å². The number of nitrogens with zero attached hydrogens (tertiary/aromatic N) is 3. The summed E-state index contributed by atoms with van der Waals surface area (Å²) in [5, 5.41) is 14.3. The molecular formula is C25H21N3O2. The zero-order valence-electron chi connectivity index (χ0n) is 16.5. The SMILES string of the molecule is Cc1cccc(C(=O)O)c1C(/C(=C\c1ccccc1)n1cncn1)c1ccccc1. The normalized spacial score (nSPS) is 12.5. The summed E-state index contributed by atoms with van der Waals surface area (Å²) in [7, 11) is 0. The molecule has 0 saturated heterocycles. The average molecular weight is 395 g/mol. The highest BCUT2D eigenvalue weighted by Gasteiger charge is 2.27. The molecule has 148 valence electrons. The predicted octanol–water partition coefficient (Wildman–Crippen LogP) is 5.11. The fraction of sp³-hybridized carbons (Fsp3) is 0.0800. The van der Waals surface area contributed by atoms with Crippen molar-refractivity contribution in [2.24, 2.45) is 0 Å². The first-order chi connectivity index (χ1) is 14.6. The molecule has 0 aliphatic heterocycles. The van der Waals surface area contributed by atoms with E-state index in [4.69, 9.17) is 0 Å². The van der Waals surface area contributed by atoms with Crippen LogP contribution in [0.25, 0.3) is 11.8 Å². The Morgan fingerprint density at radius 2 is 1.67 bits per heavy atom. The van der Waals surface area contributed by atoms with Gasteiger partial charge in [-0.3, -0.25) is 0 Å². The Kier molecular flexibility index (Phi) is 5.52. The lowest BCUT2D eigenvalue weighted by Gasteiger charge is -2.25. The molecule has 0 bridgehead atoms. The van der Waals surface area contributed by atoms with E-state index in [0.29, 0.717) is 0 Å². The molecule has 0 radical (unpaired) electrons. The molecule has 5 nitrogen and oxygen atoms in total. The van der Waals surface area contributed by atoms with E-state index in [1.165, 1.54) is 6.33 Å². The summed E-state index contributed by atoms with van der Waals surface area (Å²) in [6.07, 6.45) is 5.16. The van der Waals surface area contributed by atoms with Gasteiger partial charge in [0.05, 0.1) is 17.2 Å². The minimum Gasteiger partial charge on any atom is -0.478 e. The first-order valence-electron chi connectivity index (χ1n) is 9.64. The highest BCUT2D eigenvalue weighted by molar-refractivity contribution is 5.92. The number of carboxylic acids is 1. The van der Waals surface area contributed by atoms with Crippen LogP contribution in [-0.4, -0.2) is 25.8 Å². The first kappa shape index (κ1) is 19.3. The number of allylic oxidation sites excluding steroid dienone is 1. The number of carboxylic acid groups (broad SMARTS) is 1. The Hall–Kier alpha value is -3.99. The Labute approximate surface area is 175 Å². The number of aromatic carboxylic acids is 1. The van der Waals surface area contributed by atoms with E-state index in [1.807, 2.05) is 79.7 Å². The third kappa shape index (κ3) is 3.91. The van der Waals surface area contributed by atoms with Crippen LogP contribution in [0, 0.1) is 6.92 Å². The molecule has 1 unspecified atom stereocenters. The van der Waals surface area contributed by atoms with Crippen molar-refractivity contribution >= 4 is 17.7 Å². The van der Waals surface area contributed by atoms with Crippen molar-refractivity contribution in [1.82, 2.24) is 14.8 Å². The number of benzene rings is 3. The Morgan fingerprint density at radius 1 is 0.967 bits per heavy atom. The fourth-order valence-electron chi connectivity index (χ4n) is 3.72. The second-order valence-electron chi connectivity index (χ2n) is 7.00. The van der Waals surface area contributed by atoms with Crippen LogP contribution < -0.4 is 0 Å². The number of aromatic nitrogens is 3. The predicted molar refractivity (Wildman–Crippen MR) is 117 cm³/mol. The minimum atomic E-state index is -0.952. The summed E-state index contributed by atoms with van der Waals surface area (Å²) in [5.74, 6) is -1.30. The van der Waals surface area contributed by atoms with Crippen LogP contribution in [0.2, 0.25) is 0 Å². The van der Waals surface area contributed by atoms with Gasteiger partial charge in [0.1, 0.15) is 12.7 Å². The highest BCUT2D eigenvalue weighted by Crippen LogP contribution is 2.39. The number of hydrogen-bond acceptors (Lipinski definition) is 3. The Bertz CT molecular complexity index is 1170. The van der Waals surface area contributed by atoms with Gasteiger partial charge in [-0.05, 0) is 41.3 Å². The molecule has 1 heterocycles.